The van der Waals surface area contributed by atoms with Crippen LogP contribution < -0.4 is 10.6 Å². The van der Waals surface area contributed by atoms with Crippen molar-refractivity contribution in [2.45, 2.75) is 65.8 Å². The third-order valence-electron chi connectivity index (χ3n) is 4.22. The molecule has 0 aromatic carbocycles. The Bertz CT molecular complexity index is 492. The van der Waals surface area contributed by atoms with Crippen molar-refractivity contribution in [3.63, 3.8) is 0 Å². The standard InChI is InChI=1S/C19H38N6O.HI/c1-5-18-24-23-16-25(18)14-12-21-19(22-13-15-26-4)20-11-9-7-6-8-10-17(2)3;/h16-17H,5-15H2,1-4H3,(H2,20,21,22);1H. The van der Waals surface area contributed by atoms with Crippen LogP contribution in [0.3, 0.4) is 0 Å². The van der Waals surface area contributed by atoms with Crippen LogP contribution in [0.2, 0.25) is 0 Å². The number of hydrogen-bond donors (Lipinski definition) is 2. The Hall–Kier alpha value is -0.900. The lowest BCUT2D eigenvalue weighted by molar-refractivity contribution is 0.203. The molecule has 0 fully saturated rings. The molecule has 0 bridgehead atoms. The summed E-state index contributed by atoms with van der Waals surface area (Å²) in [4.78, 5) is 4.69. The van der Waals surface area contributed by atoms with Gasteiger partial charge in [0.15, 0.2) is 5.96 Å². The van der Waals surface area contributed by atoms with Crippen molar-refractivity contribution in [1.82, 2.24) is 25.4 Å². The predicted molar refractivity (Wildman–Crippen MR) is 123 cm³/mol. The minimum absolute atomic E-state index is 0. The van der Waals surface area contributed by atoms with E-state index in [-0.39, 0.29) is 24.0 Å². The molecule has 0 radical (unpaired) electrons. The van der Waals surface area contributed by atoms with Crippen LogP contribution in [0.4, 0.5) is 0 Å². The zero-order chi connectivity index (χ0) is 19.0. The number of guanidine groups is 1. The fraction of sp³-hybridized carbons (Fsp3) is 0.842. The molecule has 2 N–H and O–H groups in total. The van der Waals surface area contributed by atoms with Gasteiger partial charge in [0.05, 0.1) is 6.61 Å². The predicted octanol–water partition coefficient (Wildman–Crippen LogP) is 3.25. The van der Waals surface area contributed by atoms with Crippen LogP contribution in [-0.4, -0.2) is 54.1 Å². The van der Waals surface area contributed by atoms with Gasteiger partial charge in [0.1, 0.15) is 12.2 Å². The lowest BCUT2D eigenvalue weighted by atomic mass is 10.0. The molecule has 1 rings (SSSR count). The molecule has 0 aliphatic carbocycles. The van der Waals surface area contributed by atoms with Gasteiger partial charge in [-0.15, -0.1) is 34.2 Å². The highest BCUT2D eigenvalue weighted by Gasteiger charge is 2.02. The van der Waals surface area contributed by atoms with Gasteiger partial charge < -0.3 is 19.9 Å². The number of aryl methyl sites for hydroxylation is 1. The number of halogens is 1. The van der Waals surface area contributed by atoms with Crippen molar-refractivity contribution in [3.05, 3.63) is 12.2 Å². The van der Waals surface area contributed by atoms with E-state index in [1.807, 2.05) is 0 Å². The number of unbranched alkanes of at least 4 members (excludes halogenated alkanes) is 3. The molecule has 1 aromatic rings. The lowest BCUT2D eigenvalue weighted by Crippen LogP contribution is -2.40. The smallest absolute Gasteiger partial charge is 0.191 e. The van der Waals surface area contributed by atoms with E-state index in [1.165, 1.54) is 25.7 Å². The van der Waals surface area contributed by atoms with E-state index < -0.39 is 0 Å². The molecule has 0 atom stereocenters. The molecule has 0 aliphatic heterocycles. The van der Waals surface area contributed by atoms with E-state index in [0.29, 0.717) is 6.61 Å². The van der Waals surface area contributed by atoms with Crippen LogP contribution in [0.1, 0.15) is 58.7 Å². The summed E-state index contributed by atoms with van der Waals surface area (Å²) in [5.41, 5.74) is 0. The summed E-state index contributed by atoms with van der Waals surface area (Å²) in [5, 5.41) is 14.8. The molecular formula is C19H39IN6O. The summed E-state index contributed by atoms with van der Waals surface area (Å²) in [7, 11) is 1.71. The van der Waals surface area contributed by atoms with Gasteiger partial charge in [-0.3, -0.25) is 4.99 Å². The molecule has 1 heterocycles. The molecular weight excluding hydrogens is 455 g/mol. The highest BCUT2D eigenvalue weighted by Crippen LogP contribution is 2.09. The molecule has 27 heavy (non-hydrogen) atoms. The second-order valence-electron chi connectivity index (χ2n) is 6.97. The molecule has 0 saturated carbocycles. The highest BCUT2D eigenvalue weighted by atomic mass is 127. The Morgan fingerprint density at radius 3 is 2.63 bits per heavy atom. The maximum absolute atomic E-state index is 5.11. The summed E-state index contributed by atoms with van der Waals surface area (Å²) in [5.74, 6) is 2.68. The monoisotopic (exact) mass is 494 g/mol. The van der Waals surface area contributed by atoms with Crippen molar-refractivity contribution in [2.24, 2.45) is 10.9 Å². The molecule has 0 saturated heterocycles. The number of rotatable bonds is 14. The zero-order valence-corrected chi connectivity index (χ0v) is 19.9. The minimum atomic E-state index is 0. The van der Waals surface area contributed by atoms with Crippen molar-refractivity contribution < 1.29 is 4.74 Å². The van der Waals surface area contributed by atoms with Gasteiger partial charge in [0, 0.05) is 39.7 Å². The van der Waals surface area contributed by atoms with Crippen molar-refractivity contribution in [1.29, 1.82) is 0 Å². The summed E-state index contributed by atoms with van der Waals surface area (Å²) >= 11 is 0. The number of nitrogens with zero attached hydrogens (tertiary/aromatic N) is 4. The maximum Gasteiger partial charge on any atom is 0.191 e. The first kappa shape index (κ1) is 26.1. The fourth-order valence-corrected chi connectivity index (χ4v) is 2.69. The first-order chi connectivity index (χ1) is 12.7. The van der Waals surface area contributed by atoms with Crippen LogP contribution >= 0.6 is 24.0 Å². The van der Waals surface area contributed by atoms with Gasteiger partial charge in [-0.1, -0.05) is 46.5 Å². The molecule has 0 aliphatic rings. The van der Waals surface area contributed by atoms with Crippen molar-refractivity contribution in [3.8, 4) is 0 Å². The van der Waals surface area contributed by atoms with Crippen LogP contribution in [0, 0.1) is 5.92 Å². The molecule has 0 unspecified atom stereocenters. The van der Waals surface area contributed by atoms with Crippen molar-refractivity contribution >= 4 is 29.9 Å². The Balaban J connectivity index is 0.00000676. The quantitative estimate of drug-likeness (QED) is 0.180. The Labute approximate surface area is 182 Å². The summed E-state index contributed by atoms with van der Waals surface area (Å²) < 4.78 is 7.19. The zero-order valence-electron chi connectivity index (χ0n) is 17.5. The van der Waals surface area contributed by atoms with E-state index in [1.54, 1.807) is 13.4 Å². The summed E-state index contributed by atoms with van der Waals surface area (Å²) in [6, 6.07) is 0. The van der Waals surface area contributed by atoms with Gasteiger partial charge in [0.2, 0.25) is 0 Å². The van der Waals surface area contributed by atoms with E-state index >= 15 is 0 Å². The first-order valence-electron chi connectivity index (χ1n) is 10.0. The van der Waals surface area contributed by atoms with Crippen molar-refractivity contribution in [2.75, 3.05) is 33.4 Å². The second-order valence-corrected chi connectivity index (χ2v) is 6.97. The van der Waals surface area contributed by atoms with Crippen LogP contribution in [0.25, 0.3) is 0 Å². The summed E-state index contributed by atoms with van der Waals surface area (Å²) in [6.45, 7) is 10.6. The minimum Gasteiger partial charge on any atom is -0.383 e. The van der Waals surface area contributed by atoms with Gasteiger partial charge in [-0.2, -0.15) is 0 Å². The van der Waals surface area contributed by atoms with E-state index in [4.69, 9.17) is 4.74 Å². The van der Waals surface area contributed by atoms with E-state index in [9.17, 15) is 0 Å². The average molecular weight is 494 g/mol. The average Bonchev–Trinajstić information content (AvgIpc) is 3.07. The number of ether oxygens (including phenoxy) is 1. The Kier molecular flexibility index (Phi) is 16.6. The highest BCUT2D eigenvalue weighted by molar-refractivity contribution is 14.0. The van der Waals surface area contributed by atoms with Crippen LogP contribution in [0.5, 0.6) is 0 Å². The van der Waals surface area contributed by atoms with Crippen LogP contribution in [-0.2, 0) is 17.7 Å². The molecule has 7 nitrogen and oxygen atoms in total. The number of hydrogen-bond acceptors (Lipinski definition) is 4. The number of methoxy groups -OCH3 is 1. The molecule has 0 spiro atoms. The molecule has 158 valence electrons. The summed E-state index contributed by atoms with van der Waals surface area (Å²) in [6.07, 6.45) is 9.04. The number of nitrogens with one attached hydrogen (secondary N) is 2. The topological polar surface area (TPSA) is 76.4 Å². The van der Waals surface area contributed by atoms with E-state index in [2.05, 4.69) is 51.2 Å². The third-order valence-corrected chi connectivity index (χ3v) is 4.22. The largest absolute Gasteiger partial charge is 0.383 e. The second kappa shape index (κ2) is 17.2. The number of aromatic nitrogens is 3. The molecule has 8 heteroatoms. The maximum atomic E-state index is 5.11. The third kappa shape index (κ3) is 13.0. The molecule has 1 aromatic heterocycles. The Morgan fingerprint density at radius 1 is 1.19 bits per heavy atom. The molecule has 0 amide bonds. The SMILES string of the molecule is CCc1nncn1CCNC(=NCCCCCCC(C)C)NCCOC.I. The Morgan fingerprint density at radius 2 is 1.93 bits per heavy atom. The van der Waals surface area contributed by atoms with E-state index in [0.717, 1.165) is 56.7 Å². The lowest BCUT2D eigenvalue weighted by Gasteiger charge is -2.13. The van der Waals surface area contributed by atoms with Gasteiger partial charge in [-0.25, -0.2) is 0 Å². The number of aliphatic imine (C=N–C) groups is 1. The van der Waals surface area contributed by atoms with Gasteiger partial charge >= 0.3 is 0 Å². The normalized spacial score (nSPS) is 11.5. The van der Waals surface area contributed by atoms with Crippen LogP contribution in [0.15, 0.2) is 11.3 Å². The fourth-order valence-electron chi connectivity index (χ4n) is 2.69. The van der Waals surface area contributed by atoms with Gasteiger partial charge in [-0.05, 0) is 12.3 Å². The van der Waals surface area contributed by atoms with Gasteiger partial charge in [0.25, 0.3) is 0 Å². The first-order valence-corrected chi connectivity index (χ1v) is 10.0.